The lowest BCUT2D eigenvalue weighted by molar-refractivity contribution is 0.403. The summed E-state index contributed by atoms with van der Waals surface area (Å²) in [5, 5.41) is 2.53. The van der Waals surface area contributed by atoms with Crippen molar-refractivity contribution in [2.45, 2.75) is 76.0 Å². The molecule has 0 amide bonds. The smallest absolute Gasteiger partial charge is 0.0540 e. The van der Waals surface area contributed by atoms with Crippen molar-refractivity contribution in [3.8, 4) is 33.4 Å². The Morgan fingerprint density at radius 2 is 1.00 bits per heavy atom. The van der Waals surface area contributed by atoms with E-state index in [4.69, 9.17) is 0 Å². The van der Waals surface area contributed by atoms with Crippen LogP contribution in [0, 0.1) is 0 Å². The fraction of sp³-hybridized carbons (Fsp3) is 0.231. The van der Waals surface area contributed by atoms with Crippen LogP contribution in [-0.2, 0) is 16.2 Å². The average Bonchev–Trinajstić information content (AvgIpc) is 3.83. The Labute approximate surface area is 315 Å². The molecule has 0 unspecified atom stereocenters. The van der Waals surface area contributed by atoms with Gasteiger partial charge >= 0.3 is 0 Å². The van der Waals surface area contributed by atoms with Gasteiger partial charge in [0.2, 0.25) is 0 Å². The van der Waals surface area contributed by atoms with Crippen LogP contribution in [0.2, 0.25) is 0 Å². The van der Waals surface area contributed by atoms with E-state index in [2.05, 4.69) is 184 Å². The molecule has 0 bridgehead atoms. The molecule has 0 atom stereocenters. The van der Waals surface area contributed by atoms with Crippen molar-refractivity contribution < 1.29 is 0 Å². The van der Waals surface area contributed by atoms with E-state index in [1.54, 1.807) is 16.7 Å². The zero-order valence-corrected chi connectivity index (χ0v) is 31.4. The fourth-order valence-corrected chi connectivity index (χ4v) is 10.8. The maximum Gasteiger partial charge on any atom is 0.0540 e. The summed E-state index contributed by atoms with van der Waals surface area (Å²) in [6.45, 7) is 9.83. The molecule has 1 fully saturated rings. The third kappa shape index (κ3) is 4.97. The second kappa shape index (κ2) is 11.8. The molecule has 3 aliphatic carbocycles. The van der Waals surface area contributed by atoms with Gasteiger partial charge in [-0.25, -0.2) is 0 Å². The first kappa shape index (κ1) is 32.3. The predicted octanol–water partition coefficient (Wildman–Crippen LogP) is 14.4. The molecule has 0 saturated heterocycles. The van der Waals surface area contributed by atoms with Gasteiger partial charge in [0, 0.05) is 16.5 Å². The minimum Gasteiger partial charge on any atom is -0.310 e. The van der Waals surface area contributed by atoms with Gasteiger partial charge < -0.3 is 4.90 Å². The molecule has 0 N–H and O–H groups in total. The second-order valence-electron chi connectivity index (χ2n) is 17.2. The summed E-state index contributed by atoms with van der Waals surface area (Å²) in [5.41, 5.74) is 18.2. The van der Waals surface area contributed by atoms with Crippen LogP contribution in [0.4, 0.5) is 17.1 Å². The summed E-state index contributed by atoms with van der Waals surface area (Å²) in [4.78, 5) is 2.58. The van der Waals surface area contributed by atoms with E-state index >= 15 is 0 Å². The van der Waals surface area contributed by atoms with Gasteiger partial charge in [0.25, 0.3) is 0 Å². The van der Waals surface area contributed by atoms with Crippen molar-refractivity contribution in [1.29, 1.82) is 0 Å². The number of benzene rings is 7. The van der Waals surface area contributed by atoms with E-state index in [1.165, 1.54) is 98.9 Å². The van der Waals surface area contributed by atoms with E-state index in [0.717, 1.165) is 0 Å². The van der Waals surface area contributed by atoms with Gasteiger partial charge in [-0.05, 0) is 121 Å². The monoisotopic (exact) mass is 685 g/mol. The van der Waals surface area contributed by atoms with E-state index in [1.807, 2.05) is 0 Å². The van der Waals surface area contributed by atoms with E-state index in [9.17, 15) is 0 Å². The number of rotatable bonds is 5. The van der Waals surface area contributed by atoms with Crippen LogP contribution in [0.3, 0.4) is 0 Å². The SMILES string of the molecule is CC1(C)CC(C)(C)c2cc3c(cc21)-c1cccc(N(c2ccc(-c4ccc(-c5ccccc5)cc4)cc2)c2cccc4ccccc24)c1C31CCCC1. The molecule has 10 rings (SSSR count). The second-order valence-corrected chi connectivity index (χ2v) is 17.2. The molecular formula is C52H47N. The molecular weight excluding hydrogens is 639 g/mol. The zero-order chi connectivity index (χ0) is 36.0. The first-order chi connectivity index (χ1) is 25.7. The van der Waals surface area contributed by atoms with Crippen molar-refractivity contribution in [2.24, 2.45) is 0 Å². The molecule has 260 valence electrons. The highest BCUT2D eigenvalue weighted by Crippen LogP contribution is 2.63. The normalized spacial score (nSPS) is 17.1. The highest BCUT2D eigenvalue weighted by Gasteiger charge is 2.50. The van der Waals surface area contributed by atoms with Crippen LogP contribution in [0.5, 0.6) is 0 Å². The lowest BCUT2D eigenvalue weighted by Crippen LogP contribution is -2.25. The largest absolute Gasteiger partial charge is 0.310 e. The van der Waals surface area contributed by atoms with Crippen molar-refractivity contribution in [3.05, 3.63) is 174 Å². The number of hydrogen-bond acceptors (Lipinski definition) is 1. The lowest BCUT2D eigenvalue weighted by Gasteiger charge is -2.35. The molecule has 1 saturated carbocycles. The van der Waals surface area contributed by atoms with E-state index < -0.39 is 0 Å². The Hall–Kier alpha value is -5.40. The zero-order valence-electron chi connectivity index (χ0n) is 31.4. The summed E-state index contributed by atoms with van der Waals surface area (Å²) < 4.78 is 0. The van der Waals surface area contributed by atoms with Gasteiger partial charge in [0.05, 0.1) is 11.4 Å². The number of fused-ring (bicyclic) bond motifs is 7. The first-order valence-electron chi connectivity index (χ1n) is 19.6. The summed E-state index contributed by atoms with van der Waals surface area (Å²) in [6.07, 6.45) is 6.14. The molecule has 0 aliphatic heterocycles. The molecule has 7 aromatic rings. The van der Waals surface area contributed by atoms with Gasteiger partial charge in [-0.15, -0.1) is 0 Å². The Balaban J connectivity index is 1.15. The molecule has 0 radical (unpaired) electrons. The number of anilines is 3. The van der Waals surface area contributed by atoms with Crippen LogP contribution in [0.1, 0.15) is 82.1 Å². The van der Waals surface area contributed by atoms with Gasteiger partial charge in [-0.3, -0.25) is 0 Å². The summed E-state index contributed by atoms with van der Waals surface area (Å²) in [7, 11) is 0. The van der Waals surface area contributed by atoms with Gasteiger partial charge in [-0.2, -0.15) is 0 Å². The molecule has 1 spiro atoms. The maximum absolute atomic E-state index is 2.68. The molecule has 0 heterocycles. The maximum atomic E-state index is 2.68. The quantitative estimate of drug-likeness (QED) is 0.174. The summed E-state index contributed by atoms with van der Waals surface area (Å²) in [5.74, 6) is 0. The van der Waals surface area contributed by atoms with E-state index in [-0.39, 0.29) is 16.2 Å². The van der Waals surface area contributed by atoms with Crippen LogP contribution in [-0.4, -0.2) is 0 Å². The first-order valence-corrected chi connectivity index (χ1v) is 19.6. The molecule has 1 heteroatoms. The Bertz CT molecular complexity index is 2510. The van der Waals surface area contributed by atoms with Crippen molar-refractivity contribution in [3.63, 3.8) is 0 Å². The number of hydrogen-bond donors (Lipinski definition) is 0. The number of nitrogens with zero attached hydrogens (tertiary/aromatic N) is 1. The van der Waals surface area contributed by atoms with Gasteiger partial charge in [-0.1, -0.05) is 162 Å². The topological polar surface area (TPSA) is 3.24 Å². The molecule has 1 nitrogen and oxygen atoms in total. The third-order valence-corrected chi connectivity index (χ3v) is 13.0. The average molecular weight is 686 g/mol. The minimum absolute atomic E-state index is 0.0162. The van der Waals surface area contributed by atoms with Crippen molar-refractivity contribution >= 4 is 27.8 Å². The Kier molecular flexibility index (Phi) is 7.19. The minimum atomic E-state index is 0.0162. The standard InChI is InChI=1S/C52H47N/c1-50(2)34-51(3,4)46-33-44-43(32-45(46)50)42-19-13-21-48(49(42)52(44)30-10-11-31-52)53(47-20-12-17-39-16-8-9-18-41(39)47)40-28-26-38(27-29-40)37-24-22-36(23-25-37)35-14-6-5-7-15-35/h5-9,12-29,32-33H,10-11,30-31,34H2,1-4H3. The van der Waals surface area contributed by atoms with E-state index in [0.29, 0.717) is 0 Å². The Morgan fingerprint density at radius 3 is 1.70 bits per heavy atom. The third-order valence-electron chi connectivity index (χ3n) is 13.0. The molecule has 3 aliphatic rings. The van der Waals surface area contributed by atoms with Gasteiger partial charge in [0.15, 0.2) is 0 Å². The summed E-state index contributed by atoms with van der Waals surface area (Å²) in [6, 6.07) is 57.0. The summed E-state index contributed by atoms with van der Waals surface area (Å²) >= 11 is 0. The van der Waals surface area contributed by atoms with Gasteiger partial charge in [0.1, 0.15) is 0 Å². The van der Waals surface area contributed by atoms with Crippen LogP contribution in [0.25, 0.3) is 44.2 Å². The van der Waals surface area contributed by atoms with Crippen LogP contribution < -0.4 is 4.90 Å². The molecule has 0 aromatic heterocycles. The van der Waals surface area contributed by atoms with Crippen molar-refractivity contribution in [1.82, 2.24) is 0 Å². The van der Waals surface area contributed by atoms with Crippen molar-refractivity contribution in [2.75, 3.05) is 4.90 Å². The highest BCUT2D eigenvalue weighted by atomic mass is 15.1. The molecule has 53 heavy (non-hydrogen) atoms. The molecule has 7 aromatic carbocycles. The lowest BCUT2D eigenvalue weighted by atomic mass is 9.74. The Morgan fingerprint density at radius 1 is 0.453 bits per heavy atom. The fourth-order valence-electron chi connectivity index (χ4n) is 10.8. The highest BCUT2D eigenvalue weighted by molar-refractivity contribution is 6.01. The predicted molar refractivity (Wildman–Crippen MR) is 225 cm³/mol. The van der Waals surface area contributed by atoms with Crippen LogP contribution >= 0.6 is 0 Å². The van der Waals surface area contributed by atoms with Crippen LogP contribution in [0.15, 0.2) is 152 Å².